The number of furan rings is 1. The summed E-state index contributed by atoms with van der Waals surface area (Å²) in [5.41, 5.74) is 3.54. The van der Waals surface area contributed by atoms with Crippen LogP contribution in [0.5, 0.6) is 0 Å². The van der Waals surface area contributed by atoms with E-state index in [9.17, 15) is 19.5 Å². The van der Waals surface area contributed by atoms with Gasteiger partial charge >= 0.3 is 5.63 Å². The zero-order chi connectivity index (χ0) is 22.8. The molecule has 0 aliphatic carbocycles. The number of rotatable bonds is 7. The van der Waals surface area contributed by atoms with Crippen molar-refractivity contribution in [3.63, 3.8) is 0 Å². The van der Waals surface area contributed by atoms with E-state index >= 15 is 0 Å². The number of benzene rings is 2. The number of aryl methyl sites for hydroxylation is 1. The zero-order valence-electron chi connectivity index (χ0n) is 17.8. The predicted octanol–water partition coefficient (Wildman–Crippen LogP) is 3.09. The average Bonchev–Trinajstić information content (AvgIpc) is 3.19. The fourth-order valence-electron chi connectivity index (χ4n) is 3.87. The van der Waals surface area contributed by atoms with Gasteiger partial charge in [-0.3, -0.25) is 4.79 Å². The number of fused-ring (bicyclic) bond motifs is 2. The molecular weight excluding hydrogens is 410 g/mol. The first-order valence-corrected chi connectivity index (χ1v) is 10.4. The number of carboxylic acid groups (broad SMARTS) is 1. The lowest BCUT2D eigenvalue weighted by Gasteiger charge is -2.17. The Hall–Kier alpha value is -3.87. The summed E-state index contributed by atoms with van der Waals surface area (Å²) in [6.07, 6.45) is 1.99. The Balaban J connectivity index is 1.68. The lowest BCUT2D eigenvalue weighted by Crippen LogP contribution is -2.47. The molecule has 1 atom stereocenters. The van der Waals surface area contributed by atoms with Crippen molar-refractivity contribution >= 4 is 33.8 Å². The molecule has 0 radical (unpaired) electrons. The smallest absolute Gasteiger partial charge is 0.339 e. The minimum Gasteiger partial charge on any atom is -0.548 e. The molecule has 0 unspecified atom stereocenters. The quantitative estimate of drug-likeness (QED) is 0.449. The van der Waals surface area contributed by atoms with E-state index in [2.05, 4.69) is 5.32 Å². The third-order valence-electron chi connectivity index (χ3n) is 5.70. The van der Waals surface area contributed by atoms with Crippen LogP contribution in [0.25, 0.3) is 33.1 Å². The molecule has 7 nitrogen and oxygen atoms in total. The maximum atomic E-state index is 12.6. The summed E-state index contributed by atoms with van der Waals surface area (Å²) in [6, 6.07) is 12.4. The molecule has 0 aliphatic rings. The summed E-state index contributed by atoms with van der Waals surface area (Å²) in [5.74, 6) is -1.79. The summed E-state index contributed by atoms with van der Waals surface area (Å²) in [4.78, 5) is 35.8. The molecule has 4 rings (SSSR count). The number of nitrogens with one attached hydrogen (secondary N) is 1. The van der Waals surface area contributed by atoms with Crippen molar-refractivity contribution in [1.29, 1.82) is 0 Å². The summed E-state index contributed by atoms with van der Waals surface area (Å²) in [6.45, 7) is 3.46. The molecule has 1 N–H and O–H groups in total. The van der Waals surface area contributed by atoms with Crippen LogP contribution in [-0.4, -0.2) is 17.9 Å². The van der Waals surface area contributed by atoms with E-state index in [-0.39, 0.29) is 19.3 Å². The molecule has 0 saturated carbocycles. The van der Waals surface area contributed by atoms with Gasteiger partial charge in [-0.25, -0.2) is 4.79 Å². The van der Waals surface area contributed by atoms with Crippen LogP contribution in [0.2, 0.25) is 0 Å². The Morgan fingerprint density at radius 1 is 1.09 bits per heavy atom. The number of aliphatic carboxylic acids is 1. The number of hydrogen-bond acceptors (Lipinski definition) is 6. The van der Waals surface area contributed by atoms with Crippen molar-refractivity contribution in [2.75, 3.05) is 0 Å². The molecule has 32 heavy (non-hydrogen) atoms. The second-order valence-corrected chi connectivity index (χ2v) is 7.70. The number of carbonyl (C=O) groups is 2. The lowest BCUT2D eigenvalue weighted by atomic mass is 9.99. The monoisotopic (exact) mass is 432 g/mol. The molecule has 0 aliphatic heterocycles. The Morgan fingerprint density at radius 3 is 2.53 bits per heavy atom. The molecule has 7 heteroatoms. The summed E-state index contributed by atoms with van der Waals surface area (Å²) in [5, 5.41) is 15.1. The maximum Gasteiger partial charge on any atom is 0.339 e. The Labute approximate surface area is 183 Å². The Bertz CT molecular complexity index is 1370. The van der Waals surface area contributed by atoms with Crippen LogP contribution in [0.1, 0.15) is 30.9 Å². The van der Waals surface area contributed by atoms with Crippen molar-refractivity contribution in [2.24, 2.45) is 0 Å². The molecule has 2 aromatic heterocycles. The van der Waals surface area contributed by atoms with Crippen LogP contribution in [0.3, 0.4) is 0 Å². The minimum atomic E-state index is -1.33. The van der Waals surface area contributed by atoms with Gasteiger partial charge in [0.1, 0.15) is 11.2 Å². The molecule has 1 amide bonds. The van der Waals surface area contributed by atoms with Crippen LogP contribution in [0.15, 0.2) is 62.4 Å². The van der Waals surface area contributed by atoms with Crippen LogP contribution >= 0.6 is 0 Å². The first-order chi connectivity index (χ1) is 15.4. The molecule has 2 aromatic carbocycles. The van der Waals surface area contributed by atoms with Crippen LogP contribution in [0.4, 0.5) is 0 Å². The van der Waals surface area contributed by atoms with Crippen LogP contribution in [0, 0.1) is 6.92 Å². The molecule has 4 aromatic rings. The summed E-state index contributed by atoms with van der Waals surface area (Å²) >= 11 is 0. The van der Waals surface area contributed by atoms with Gasteiger partial charge in [-0.1, -0.05) is 37.3 Å². The lowest BCUT2D eigenvalue weighted by molar-refractivity contribution is -0.308. The van der Waals surface area contributed by atoms with Gasteiger partial charge in [0.2, 0.25) is 5.91 Å². The third kappa shape index (κ3) is 4.01. The first-order valence-electron chi connectivity index (χ1n) is 10.4. The van der Waals surface area contributed by atoms with Crippen molar-refractivity contribution < 1.29 is 23.5 Å². The summed E-state index contributed by atoms with van der Waals surface area (Å²) < 4.78 is 11.2. The fraction of sp³-hybridized carbons (Fsp3) is 0.240. The highest BCUT2D eigenvalue weighted by Gasteiger charge is 2.17. The number of hydrogen-bond donors (Lipinski definition) is 1. The van der Waals surface area contributed by atoms with Crippen LogP contribution < -0.4 is 16.0 Å². The molecule has 0 spiro atoms. The average molecular weight is 432 g/mol. The topological polar surface area (TPSA) is 113 Å². The standard InChI is InChI=1S/C25H23NO6/c1-3-20(24(28)29)26-23(27)10-9-16-14(2)17-11-18-19(15-7-5-4-6-8-15)13-31-21(18)12-22(17)32-25(16)30/h4-8,11-13,20H,3,9-10H2,1-2H3,(H,26,27)(H,28,29)/p-1/t20-/m0/s1. The van der Waals surface area contributed by atoms with E-state index in [4.69, 9.17) is 8.83 Å². The van der Waals surface area contributed by atoms with E-state index in [0.29, 0.717) is 16.7 Å². The molecule has 2 heterocycles. The van der Waals surface area contributed by atoms with E-state index in [1.54, 1.807) is 19.3 Å². The van der Waals surface area contributed by atoms with Crippen molar-refractivity contribution in [3.05, 3.63) is 70.3 Å². The molecule has 164 valence electrons. The second kappa shape index (κ2) is 8.70. The molecule has 0 saturated heterocycles. The highest BCUT2D eigenvalue weighted by atomic mass is 16.4. The number of amides is 1. The van der Waals surface area contributed by atoms with Gasteiger partial charge in [0, 0.05) is 34.4 Å². The maximum absolute atomic E-state index is 12.6. The van der Waals surface area contributed by atoms with E-state index < -0.39 is 23.5 Å². The summed E-state index contributed by atoms with van der Waals surface area (Å²) in [7, 11) is 0. The zero-order valence-corrected chi connectivity index (χ0v) is 17.8. The van der Waals surface area contributed by atoms with Gasteiger partial charge in [0.05, 0.1) is 18.3 Å². The van der Waals surface area contributed by atoms with Crippen LogP contribution in [-0.2, 0) is 16.0 Å². The van der Waals surface area contributed by atoms with Gasteiger partial charge in [0.25, 0.3) is 0 Å². The van der Waals surface area contributed by atoms with Gasteiger partial charge in [-0.15, -0.1) is 0 Å². The van der Waals surface area contributed by atoms with Gasteiger partial charge in [0.15, 0.2) is 0 Å². The van der Waals surface area contributed by atoms with Crippen molar-refractivity contribution in [1.82, 2.24) is 5.32 Å². The van der Waals surface area contributed by atoms with Crippen molar-refractivity contribution in [2.45, 2.75) is 39.2 Å². The van der Waals surface area contributed by atoms with E-state index in [1.165, 1.54) is 0 Å². The molecule has 0 fully saturated rings. The predicted molar refractivity (Wildman–Crippen MR) is 118 cm³/mol. The Morgan fingerprint density at radius 2 is 1.84 bits per heavy atom. The molecule has 0 bridgehead atoms. The van der Waals surface area contributed by atoms with E-state index in [1.807, 2.05) is 43.3 Å². The molecular formula is C25H22NO6-. The van der Waals surface area contributed by atoms with Gasteiger partial charge in [-0.2, -0.15) is 0 Å². The van der Waals surface area contributed by atoms with Gasteiger partial charge in [-0.05, 0) is 37.0 Å². The highest BCUT2D eigenvalue weighted by Crippen LogP contribution is 2.34. The minimum absolute atomic E-state index is 0.0376. The third-order valence-corrected chi connectivity index (χ3v) is 5.70. The SMILES string of the molecule is CC[C@H](NC(=O)CCc1c(C)c2cc3c(-c4ccccc4)coc3cc2oc1=O)C(=O)[O-]. The van der Waals surface area contributed by atoms with Gasteiger partial charge < -0.3 is 24.1 Å². The normalized spacial score (nSPS) is 12.2. The highest BCUT2D eigenvalue weighted by molar-refractivity contribution is 6.02. The van der Waals surface area contributed by atoms with Crippen molar-refractivity contribution in [3.8, 4) is 11.1 Å². The van der Waals surface area contributed by atoms with E-state index in [0.717, 1.165) is 27.5 Å². The first kappa shape index (κ1) is 21.4. The number of carboxylic acids is 1. The number of carbonyl (C=O) groups excluding carboxylic acids is 2. The fourth-order valence-corrected chi connectivity index (χ4v) is 3.87. The largest absolute Gasteiger partial charge is 0.548 e. The second-order valence-electron chi connectivity index (χ2n) is 7.70. The Kier molecular flexibility index (Phi) is 5.81.